The predicted octanol–water partition coefficient (Wildman–Crippen LogP) is 4.47. The van der Waals surface area contributed by atoms with Crippen molar-refractivity contribution >= 4 is 35.0 Å². The van der Waals surface area contributed by atoms with Crippen molar-refractivity contribution in [2.24, 2.45) is 0 Å². The van der Waals surface area contributed by atoms with Crippen LogP contribution in [0.5, 0.6) is 0 Å². The number of amides is 1. The standard InChI is InChI=1S/C15H10ClF3N4O2S/c16-10-4-3-8(6-9(10)15(17,18)19)20-12(24)7-26-14-21-13(22-23-14)11-2-1-5-25-11/h1-6H,7H2,(H,20,24)(H,21,22,23). The van der Waals surface area contributed by atoms with Gasteiger partial charge in [-0.1, -0.05) is 23.4 Å². The zero-order valence-electron chi connectivity index (χ0n) is 12.8. The number of nitrogens with zero attached hydrogens (tertiary/aromatic N) is 2. The molecule has 0 fully saturated rings. The monoisotopic (exact) mass is 402 g/mol. The number of hydrogen-bond donors (Lipinski definition) is 2. The summed E-state index contributed by atoms with van der Waals surface area (Å²) in [5.41, 5.74) is -1.01. The van der Waals surface area contributed by atoms with Gasteiger partial charge in [-0.3, -0.25) is 9.89 Å². The smallest absolute Gasteiger partial charge is 0.417 e. The number of nitrogens with one attached hydrogen (secondary N) is 2. The molecular formula is C15H10ClF3N4O2S. The highest BCUT2D eigenvalue weighted by Gasteiger charge is 2.33. The molecule has 0 saturated heterocycles. The molecule has 0 radical (unpaired) electrons. The van der Waals surface area contributed by atoms with Gasteiger partial charge in [-0.2, -0.15) is 18.2 Å². The molecule has 0 atom stereocenters. The van der Waals surface area contributed by atoms with Crippen molar-refractivity contribution in [2.75, 3.05) is 11.1 Å². The van der Waals surface area contributed by atoms with E-state index in [9.17, 15) is 18.0 Å². The predicted molar refractivity (Wildman–Crippen MR) is 89.9 cm³/mol. The third-order valence-corrected chi connectivity index (χ3v) is 4.28. The number of aromatic nitrogens is 3. The summed E-state index contributed by atoms with van der Waals surface area (Å²) in [6, 6.07) is 6.55. The van der Waals surface area contributed by atoms with Gasteiger partial charge in [-0.05, 0) is 30.3 Å². The average Bonchev–Trinajstić information content (AvgIpc) is 3.25. The Bertz CT molecular complexity index is 912. The van der Waals surface area contributed by atoms with Crippen LogP contribution in [0, 0.1) is 0 Å². The first-order valence-corrected chi connectivity index (χ1v) is 8.45. The number of carbonyl (C=O) groups is 1. The Labute approximate surface area is 154 Å². The van der Waals surface area contributed by atoms with Crippen LogP contribution >= 0.6 is 23.4 Å². The Morgan fingerprint density at radius 3 is 2.85 bits per heavy atom. The van der Waals surface area contributed by atoms with E-state index in [0.717, 1.165) is 23.9 Å². The summed E-state index contributed by atoms with van der Waals surface area (Å²) in [4.78, 5) is 16.1. The number of carbonyl (C=O) groups excluding carboxylic acids is 1. The molecule has 0 bridgehead atoms. The lowest BCUT2D eigenvalue weighted by Crippen LogP contribution is -2.15. The molecule has 0 aliphatic carbocycles. The van der Waals surface area contributed by atoms with Crippen molar-refractivity contribution in [3.63, 3.8) is 0 Å². The first-order valence-electron chi connectivity index (χ1n) is 7.08. The Balaban J connectivity index is 1.60. The Morgan fingerprint density at radius 2 is 2.15 bits per heavy atom. The van der Waals surface area contributed by atoms with E-state index < -0.39 is 22.7 Å². The van der Waals surface area contributed by atoms with E-state index in [-0.39, 0.29) is 11.4 Å². The number of furan rings is 1. The molecule has 136 valence electrons. The van der Waals surface area contributed by atoms with Gasteiger partial charge in [-0.15, -0.1) is 5.10 Å². The first-order chi connectivity index (χ1) is 12.3. The number of halogens is 4. The van der Waals surface area contributed by atoms with Gasteiger partial charge in [0.15, 0.2) is 11.6 Å². The third kappa shape index (κ3) is 4.38. The zero-order valence-corrected chi connectivity index (χ0v) is 14.4. The number of benzene rings is 1. The second kappa shape index (κ2) is 7.42. The number of alkyl halides is 3. The van der Waals surface area contributed by atoms with Gasteiger partial charge in [0, 0.05) is 5.69 Å². The highest BCUT2D eigenvalue weighted by atomic mass is 35.5. The van der Waals surface area contributed by atoms with Crippen molar-refractivity contribution in [1.29, 1.82) is 0 Å². The highest BCUT2D eigenvalue weighted by molar-refractivity contribution is 7.99. The van der Waals surface area contributed by atoms with Crippen LogP contribution < -0.4 is 5.32 Å². The largest absolute Gasteiger partial charge is 0.461 e. The van der Waals surface area contributed by atoms with Crippen molar-refractivity contribution < 1.29 is 22.4 Å². The van der Waals surface area contributed by atoms with Gasteiger partial charge in [0.1, 0.15) is 0 Å². The number of rotatable bonds is 5. The number of aromatic amines is 1. The van der Waals surface area contributed by atoms with Crippen LogP contribution in [0.3, 0.4) is 0 Å². The molecule has 2 heterocycles. The van der Waals surface area contributed by atoms with E-state index in [4.69, 9.17) is 16.0 Å². The minimum absolute atomic E-state index is 0.00131. The van der Waals surface area contributed by atoms with Crippen LogP contribution in [0.25, 0.3) is 11.6 Å². The average molecular weight is 403 g/mol. The van der Waals surface area contributed by atoms with Crippen molar-refractivity contribution in [2.45, 2.75) is 11.3 Å². The molecule has 6 nitrogen and oxygen atoms in total. The summed E-state index contributed by atoms with van der Waals surface area (Å²) < 4.78 is 43.6. The van der Waals surface area contributed by atoms with E-state index in [2.05, 4.69) is 20.5 Å². The van der Waals surface area contributed by atoms with Crippen LogP contribution in [0.1, 0.15) is 5.56 Å². The molecule has 2 aromatic heterocycles. The molecule has 3 rings (SSSR count). The van der Waals surface area contributed by atoms with Crippen LogP contribution in [0.2, 0.25) is 5.02 Å². The maximum absolute atomic E-state index is 12.8. The maximum atomic E-state index is 12.8. The van der Waals surface area contributed by atoms with E-state index in [1.54, 1.807) is 12.1 Å². The highest BCUT2D eigenvalue weighted by Crippen LogP contribution is 2.36. The van der Waals surface area contributed by atoms with Crippen LogP contribution in [0.15, 0.2) is 46.2 Å². The normalized spacial score (nSPS) is 11.5. The van der Waals surface area contributed by atoms with Gasteiger partial charge in [0.2, 0.25) is 11.1 Å². The minimum atomic E-state index is -4.60. The van der Waals surface area contributed by atoms with Crippen molar-refractivity contribution in [1.82, 2.24) is 15.2 Å². The Morgan fingerprint density at radius 1 is 1.35 bits per heavy atom. The second-order valence-corrected chi connectivity index (χ2v) is 6.32. The lowest BCUT2D eigenvalue weighted by molar-refractivity contribution is -0.137. The molecule has 0 unspecified atom stereocenters. The molecule has 0 aliphatic heterocycles. The van der Waals surface area contributed by atoms with Gasteiger partial charge < -0.3 is 9.73 Å². The SMILES string of the molecule is O=C(CSc1n[nH]c(-c2ccco2)n1)Nc1ccc(Cl)c(C(F)(F)F)c1. The fourth-order valence-electron chi connectivity index (χ4n) is 1.98. The zero-order chi connectivity index (χ0) is 18.7. The molecule has 11 heteroatoms. The van der Waals surface area contributed by atoms with E-state index in [1.165, 1.54) is 12.3 Å². The number of anilines is 1. The first kappa shape index (κ1) is 18.3. The second-order valence-electron chi connectivity index (χ2n) is 4.97. The maximum Gasteiger partial charge on any atom is 0.417 e. The summed E-state index contributed by atoms with van der Waals surface area (Å²) >= 11 is 6.56. The number of thioether (sulfide) groups is 1. The quantitative estimate of drug-likeness (QED) is 0.615. The Hall–Kier alpha value is -2.46. The minimum Gasteiger partial charge on any atom is -0.461 e. The summed E-state index contributed by atoms with van der Waals surface area (Å²) in [7, 11) is 0. The molecule has 0 aliphatic rings. The molecule has 0 saturated carbocycles. The lowest BCUT2D eigenvalue weighted by atomic mass is 10.2. The molecule has 3 aromatic rings. The molecular weight excluding hydrogens is 393 g/mol. The molecule has 2 N–H and O–H groups in total. The molecule has 1 amide bonds. The van der Waals surface area contributed by atoms with Crippen molar-refractivity contribution in [3.05, 3.63) is 47.2 Å². The van der Waals surface area contributed by atoms with Gasteiger partial charge >= 0.3 is 6.18 Å². The van der Waals surface area contributed by atoms with Crippen LogP contribution in [-0.4, -0.2) is 26.8 Å². The van der Waals surface area contributed by atoms with Gasteiger partial charge in [0.05, 0.1) is 22.6 Å². The van der Waals surface area contributed by atoms with Crippen LogP contribution in [-0.2, 0) is 11.0 Å². The fourth-order valence-corrected chi connectivity index (χ4v) is 2.80. The lowest BCUT2D eigenvalue weighted by Gasteiger charge is -2.11. The van der Waals surface area contributed by atoms with E-state index >= 15 is 0 Å². The number of hydrogen-bond acceptors (Lipinski definition) is 5. The summed E-state index contributed by atoms with van der Waals surface area (Å²) in [5, 5.41) is 8.85. The van der Waals surface area contributed by atoms with E-state index in [1.807, 2.05) is 0 Å². The molecule has 0 spiro atoms. The summed E-state index contributed by atoms with van der Waals surface area (Å²) in [6.45, 7) is 0. The number of H-pyrrole nitrogens is 1. The third-order valence-electron chi connectivity index (χ3n) is 3.11. The van der Waals surface area contributed by atoms with Crippen LogP contribution in [0.4, 0.5) is 18.9 Å². The van der Waals surface area contributed by atoms with Crippen molar-refractivity contribution in [3.8, 4) is 11.6 Å². The molecule has 26 heavy (non-hydrogen) atoms. The molecule has 1 aromatic carbocycles. The Kier molecular flexibility index (Phi) is 5.23. The fraction of sp³-hybridized carbons (Fsp3) is 0.133. The van der Waals surface area contributed by atoms with Gasteiger partial charge in [0.25, 0.3) is 0 Å². The van der Waals surface area contributed by atoms with E-state index in [0.29, 0.717) is 16.7 Å². The summed E-state index contributed by atoms with van der Waals surface area (Å²) in [6.07, 6.45) is -3.12. The topological polar surface area (TPSA) is 83.8 Å². The summed E-state index contributed by atoms with van der Waals surface area (Å²) in [5.74, 6) is 0.314. The van der Waals surface area contributed by atoms with Gasteiger partial charge in [-0.25, -0.2) is 0 Å².